The lowest BCUT2D eigenvalue weighted by Crippen LogP contribution is -2.64. The van der Waals surface area contributed by atoms with Gasteiger partial charge in [0.05, 0.1) is 0 Å². The van der Waals surface area contributed by atoms with Gasteiger partial charge >= 0.3 is 12.1 Å². The van der Waals surface area contributed by atoms with Gasteiger partial charge in [-0.3, -0.25) is 0 Å². The number of nitrogens with one attached hydrogen (secondary N) is 1. The smallest absolute Gasteiger partial charge is 0.408 e. The largest absolute Gasteiger partial charge is 0.479 e. The van der Waals surface area contributed by atoms with Gasteiger partial charge in [0.25, 0.3) is 0 Å². The molecule has 2 atom stereocenters. The van der Waals surface area contributed by atoms with Crippen LogP contribution in [-0.4, -0.2) is 28.3 Å². The first-order valence-corrected chi connectivity index (χ1v) is 5.42. The van der Waals surface area contributed by atoms with Crippen LogP contribution in [0.3, 0.4) is 0 Å². The molecule has 5 nitrogen and oxygen atoms in total. The molecular formula is C11H19NO4. The molecule has 1 rings (SSSR count). The van der Waals surface area contributed by atoms with E-state index in [4.69, 9.17) is 9.84 Å². The summed E-state index contributed by atoms with van der Waals surface area (Å²) in [6.45, 7) is 7.04. The van der Waals surface area contributed by atoms with Crippen LogP contribution in [0.25, 0.3) is 0 Å². The third-order valence-electron chi connectivity index (χ3n) is 2.92. The van der Waals surface area contributed by atoms with E-state index in [-0.39, 0.29) is 5.92 Å². The second-order valence-corrected chi connectivity index (χ2v) is 5.34. The number of aliphatic carboxylic acids is 1. The molecule has 0 bridgehead atoms. The van der Waals surface area contributed by atoms with E-state index in [2.05, 4.69) is 5.32 Å². The van der Waals surface area contributed by atoms with Crippen molar-refractivity contribution in [2.45, 2.75) is 51.7 Å². The van der Waals surface area contributed by atoms with Gasteiger partial charge in [0.1, 0.15) is 11.1 Å². The van der Waals surface area contributed by atoms with Crippen LogP contribution in [0, 0.1) is 5.92 Å². The summed E-state index contributed by atoms with van der Waals surface area (Å²) in [5.41, 5.74) is -1.75. The van der Waals surface area contributed by atoms with Gasteiger partial charge in [-0.25, -0.2) is 9.59 Å². The lowest BCUT2D eigenvalue weighted by Gasteiger charge is -2.44. The second kappa shape index (κ2) is 3.96. The molecule has 0 radical (unpaired) electrons. The first-order valence-electron chi connectivity index (χ1n) is 5.42. The lowest BCUT2D eigenvalue weighted by atomic mass is 9.67. The van der Waals surface area contributed by atoms with Gasteiger partial charge in [-0.05, 0) is 39.5 Å². The van der Waals surface area contributed by atoms with Crippen molar-refractivity contribution in [1.29, 1.82) is 0 Å². The van der Waals surface area contributed by atoms with E-state index in [0.717, 1.165) is 6.42 Å². The number of hydrogen-bond acceptors (Lipinski definition) is 3. The fourth-order valence-electron chi connectivity index (χ4n) is 1.76. The Bertz CT molecular complexity index is 308. The molecule has 0 aromatic heterocycles. The number of rotatable bonds is 2. The predicted octanol–water partition coefficient (Wildman–Crippen LogP) is 1.76. The molecule has 1 aliphatic carbocycles. The highest BCUT2D eigenvalue weighted by molar-refractivity contribution is 5.85. The van der Waals surface area contributed by atoms with Crippen LogP contribution < -0.4 is 5.32 Å². The summed E-state index contributed by atoms with van der Waals surface area (Å²) >= 11 is 0. The van der Waals surface area contributed by atoms with Crippen LogP contribution in [-0.2, 0) is 9.53 Å². The van der Waals surface area contributed by atoms with E-state index in [0.29, 0.717) is 6.42 Å². The Kier molecular flexibility index (Phi) is 3.17. The number of amides is 1. The van der Waals surface area contributed by atoms with Crippen molar-refractivity contribution in [2.24, 2.45) is 5.92 Å². The number of carbonyl (C=O) groups excluding carboxylic acids is 1. The van der Waals surface area contributed by atoms with E-state index in [1.54, 1.807) is 20.8 Å². The van der Waals surface area contributed by atoms with Crippen LogP contribution in [0.15, 0.2) is 0 Å². The minimum Gasteiger partial charge on any atom is -0.479 e. The average molecular weight is 229 g/mol. The van der Waals surface area contributed by atoms with Crippen molar-refractivity contribution in [3.63, 3.8) is 0 Å². The first-order chi connectivity index (χ1) is 7.17. The highest BCUT2D eigenvalue weighted by Gasteiger charge is 2.52. The molecule has 0 aromatic carbocycles. The van der Waals surface area contributed by atoms with E-state index >= 15 is 0 Å². The van der Waals surface area contributed by atoms with Crippen LogP contribution >= 0.6 is 0 Å². The fourth-order valence-corrected chi connectivity index (χ4v) is 1.76. The first kappa shape index (κ1) is 12.8. The van der Waals surface area contributed by atoms with Crippen LogP contribution in [0.4, 0.5) is 4.79 Å². The average Bonchev–Trinajstić information content (AvgIpc) is 2.08. The SMILES string of the molecule is C[C@@H]1CC[C@@]1(NC(=O)OC(C)(C)C)C(=O)O. The van der Waals surface area contributed by atoms with Gasteiger partial charge in [0, 0.05) is 0 Å². The Morgan fingerprint density at radius 2 is 2.00 bits per heavy atom. The fraction of sp³-hybridized carbons (Fsp3) is 0.818. The maximum atomic E-state index is 11.5. The molecule has 1 aliphatic rings. The highest BCUT2D eigenvalue weighted by atomic mass is 16.6. The molecule has 0 aromatic rings. The zero-order valence-corrected chi connectivity index (χ0v) is 10.2. The highest BCUT2D eigenvalue weighted by Crippen LogP contribution is 2.38. The molecule has 1 fully saturated rings. The number of carboxylic acid groups (broad SMARTS) is 1. The number of carbonyl (C=O) groups is 2. The quantitative estimate of drug-likeness (QED) is 0.756. The Labute approximate surface area is 95.2 Å². The summed E-state index contributed by atoms with van der Waals surface area (Å²) in [6, 6.07) is 0. The van der Waals surface area contributed by atoms with Crippen LogP contribution in [0.2, 0.25) is 0 Å². The summed E-state index contributed by atoms with van der Waals surface area (Å²) < 4.78 is 5.05. The second-order valence-electron chi connectivity index (χ2n) is 5.34. The predicted molar refractivity (Wildman–Crippen MR) is 58.1 cm³/mol. The summed E-state index contributed by atoms with van der Waals surface area (Å²) in [4.78, 5) is 22.7. The molecule has 16 heavy (non-hydrogen) atoms. The molecule has 0 aliphatic heterocycles. The zero-order chi connectivity index (χ0) is 12.6. The summed E-state index contributed by atoms with van der Waals surface area (Å²) in [6.07, 6.45) is 0.603. The van der Waals surface area contributed by atoms with Gasteiger partial charge in [-0.2, -0.15) is 0 Å². The number of alkyl carbamates (subject to hydrolysis) is 1. The van der Waals surface area contributed by atoms with Gasteiger partial charge in [0.15, 0.2) is 0 Å². The molecule has 0 spiro atoms. The van der Waals surface area contributed by atoms with E-state index in [9.17, 15) is 9.59 Å². The third-order valence-corrected chi connectivity index (χ3v) is 2.92. The van der Waals surface area contributed by atoms with Crippen LogP contribution in [0.5, 0.6) is 0 Å². The van der Waals surface area contributed by atoms with Gasteiger partial charge in [-0.15, -0.1) is 0 Å². The monoisotopic (exact) mass is 229 g/mol. The van der Waals surface area contributed by atoms with E-state index in [1.807, 2.05) is 6.92 Å². The Morgan fingerprint density at radius 3 is 2.25 bits per heavy atom. The lowest BCUT2D eigenvalue weighted by molar-refractivity contribution is -0.152. The number of carboxylic acids is 1. The van der Waals surface area contributed by atoms with Gasteiger partial charge < -0.3 is 15.2 Å². The standard InChI is InChI=1S/C11H19NO4/c1-7-5-6-11(7,8(13)14)12-9(15)16-10(2,3)4/h7H,5-6H2,1-4H3,(H,12,15)(H,13,14)/t7-,11+/m1/s1. The Balaban J connectivity index is 2.65. The Morgan fingerprint density at radius 1 is 1.44 bits per heavy atom. The molecule has 0 saturated heterocycles. The minimum atomic E-state index is -1.14. The minimum absolute atomic E-state index is 0.0579. The van der Waals surface area contributed by atoms with E-state index in [1.165, 1.54) is 0 Å². The van der Waals surface area contributed by atoms with Crippen molar-refractivity contribution < 1.29 is 19.4 Å². The molecule has 92 valence electrons. The molecule has 0 heterocycles. The molecular weight excluding hydrogens is 210 g/mol. The maximum Gasteiger partial charge on any atom is 0.408 e. The number of hydrogen-bond donors (Lipinski definition) is 2. The molecule has 2 N–H and O–H groups in total. The summed E-state index contributed by atoms with van der Waals surface area (Å²) in [5.74, 6) is -1.05. The third kappa shape index (κ3) is 2.46. The van der Waals surface area contributed by atoms with Crippen molar-refractivity contribution in [3.8, 4) is 0 Å². The molecule has 5 heteroatoms. The van der Waals surface area contributed by atoms with Crippen molar-refractivity contribution in [2.75, 3.05) is 0 Å². The summed E-state index contributed by atoms with van der Waals surface area (Å²) in [5, 5.41) is 11.6. The molecule has 1 amide bonds. The van der Waals surface area contributed by atoms with Gasteiger partial charge in [0.2, 0.25) is 0 Å². The zero-order valence-electron chi connectivity index (χ0n) is 10.2. The number of ether oxygens (including phenoxy) is 1. The molecule has 1 saturated carbocycles. The topological polar surface area (TPSA) is 75.6 Å². The van der Waals surface area contributed by atoms with Crippen molar-refractivity contribution >= 4 is 12.1 Å². The molecule has 0 unspecified atom stereocenters. The van der Waals surface area contributed by atoms with E-state index < -0.39 is 23.2 Å². The van der Waals surface area contributed by atoms with Crippen molar-refractivity contribution in [3.05, 3.63) is 0 Å². The normalized spacial score (nSPS) is 29.1. The summed E-state index contributed by atoms with van der Waals surface area (Å²) in [7, 11) is 0. The van der Waals surface area contributed by atoms with Crippen LogP contribution in [0.1, 0.15) is 40.5 Å². The maximum absolute atomic E-state index is 11.5. The van der Waals surface area contributed by atoms with Crippen molar-refractivity contribution in [1.82, 2.24) is 5.32 Å². The van der Waals surface area contributed by atoms with Gasteiger partial charge in [-0.1, -0.05) is 6.92 Å². The Hall–Kier alpha value is -1.26.